The van der Waals surface area contributed by atoms with E-state index in [1.807, 2.05) is 51.1 Å². The number of aromatic hydroxyl groups is 1. The van der Waals surface area contributed by atoms with Crippen LogP contribution in [-0.2, 0) is 17.6 Å². The molecular weight excluding hydrogens is 410 g/mol. The van der Waals surface area contributed by atoms with Gasteiger partial charge in [-0.1, -0.05) is 51.2 Å². The summed E-state index contributed by atoms with van der Waals surface area (Å²) in [5.74, 6) is 0.826. The van der Waals surface area contributed by atoms with Crippen molar-refractivity contribution in [1.82, 2.24) is 9.97 Å². The Kier molecular flexibility index (Phi) is 9.80. The van der Waals surface area contributed by atoms with Gasteiger partial charge in [0.1, 0.15) is 11.4 Å². The molecule has 1 aromatic heterocycles. The van der Waals surface area contributed by atoms with Gasteiger partial charge in [-0.15, -0.1) is 13.2 Å². The van der Waals surface area contributed by atoms with Crippen molar-refractivity contribution < 1.29 is 9.90 Å². The number of amides is 1. The van der Waals surface area contributed by atoms with Gasteiger partial charge in [-0.3, -0.25) is 4.79 Å². The number of hydrogen-bond acceptors (Lipinski definition) is 4. The van der Waals surface area contributed by atoms with Crippen molar-refractivity contribution in [2.24, 2.45) is 11.8 Å². The Balaban J connectivity index is 0.00000187. The van der Waals surface area contributed by atoms with E-state index in [-0.39, 0.29) is 23.5 Å². The van der Waals surface area contributed by atoms with Gasteiger partial charge in [-0.05, 0) is 61.9 Å². The number of carbonyl (C=O) groups excluding carboxylic acids is 1. The highest BCUT2D eigenvalue weighted by Crippen LogP contribution is 2.35. The predicted octanol–water partition coefficient (Wildman–Crippen LogP) is 6.52. The average Bonchev–Trinajstić information content (AvgIpc) is 2.83. The van der Waals surface area contributed by atoms with Gasteiger partial charge in [0.05, 0.1) is 11.4 Å². The Morgan fingerprint density at radius 3 is 2.64 bits per heavy atom. The summed E-state index contributed by atoms with van der Waals surface area (Å²) in [6, 6.07) is 5.37. The Hall–Kier alpha value is -3.47. The number of rotatable bonds is 7. The molecule has 5 nitrogen and oxygen atoms in total. The molecular formula is C28H35N3O2. The maximum absolute atomic E-state index is 12.6. The number of aryl methyl sites for hydroxylation is 2. The number of nitrogens with zero attached hydrogens (tertiary/aromatic N) is 2. The maximum atomic E-state index is 12.6. The summed E-state index contributed by atoms with van der Waals surface area (Å²) in [7, 11) is 0. The lowest BCUT2D eigenvalue weighted by Gasteiger charge is -2.21. The molecule has 2 atom stereocenters. The largest absolute Gasteiger partial charge is 0.508 e. The topological polar surface area (TPSA) is 75.1 Å². The van der Waals surface area contributed by atoms with E-state index in [0.717, 1.165) is 41.8 Å². The molecule has 0 bridgehead atoms. The molecule has 1 aliphatic carbocycles. The first-order valence-corrected chi connectivity index (χ1v) is 11.4. The minimum absolute atomic E-state index is 0.0476. The van der Waals surface area contributed by atoms with Crippen molar-refractivity contribution in [3.63, 3.8) is 0 Å². The fourth-order valence-electron chi connectivity index (χ4n) is 3.44. The van der Waals surface area contributed by atoms with Gasteiger partial charge in [-0.2, -0.15) is 0 Å². The van der Waals surface area contributed by atoms with Crippen LogP contribution in [0.25, 0.3) is 17.3 Å². The molecule has 0 radical (unpaired) electrons. The first kappa shape index (κ1) is 25.8. The smallest absolute Gasteiger partial charge is 0.228 e. The molecule has 33 heavy (non-hydrogen) atoms. The number of fused-ring (bicyclic) bond motifs is 3. The van der Waals surface area contributed by atoms with Gasteiger partial charge < -0.3 is 10.4 Å². The third-order valence-electron chi connectivity index (χ3n) is 5.55. The number of phenols is 1. The molecule has 0 spiro atoms. The van der Waals surface area contributed by atoms with Gasteiger partial charge in [0.15, 0.2) is 5.82 Å². The molecule has 0 saturated heterocycles. The molecule has 0 saturated carbocycles. The minimum Gasteiger partial charge on any atom is -0.508 e. The summed E-state index contributed by atoms with van der Waals surface area (Å²) >= 11 is 0. The number of allylic oxidation sites excluding steroid dienone is 5. The van der Waals surface area contributed by atoms with Crippen LogP contribution in [-0.4, -0.2) is 21.0 Å². The lowest BCUT2D eigenvalue weighted by molar-refractivity contribution is -0.119. The van der Waals surface area contributed by atoms with Crippen molar-refractivity contribution in [2.45, 2.75) is 47.0 Å². The highest BCUT2D eigenvalue weighted by molar-refractivity contribution is 5.93. The number of nitrogens with one attached hydrogen (secondary N) is 1. The summed E-state index contributed by atoms with van der Waals surface area (Å²) < 4.78 is 0. The van der Waals surface area contributed by atoms with E-state index < -0.39 is 0 Å². The standard InChI is InChI=1S/C26H31N3O2.C2H4/c1-5-7-8-9-17(3)10-14-23-25(29-26(31)18(4)6-2)28-22-15-11-19-16-20(30)12-13-21(19)24(22)27-23;1-2/h5,7-10,12-14,16-18,30H,6,11,15H2,1-4H3,(H,28,29,31);1-2H2/b7-5-,9-8-,14-10+;. The fraction of sp³-hybridized carbons (Fsp3) is 0.321. The molecule has 2 N–H and O–H groups in total. The van der Waals surface area contributed by atoms with E-state index in [1.54, 1.807) is 12.1 Å². The average molecular weight is 446 g/mol. The third kappa shape index (κ3) is 6.75. The summed E-state index contributed by atoms with van der Waals surface area (Å²) in [5.41, 5.74) is 4.38. The van der Waals surface area contributed by atoms with E-state index in [2.05, 4.69) is 37.6 Å². The lowest BCUT2D eigenvalue weighted by Crippen LogP contribution is -2.22. The summed E-state index contributed by atoms with van der Waals surface area (Å²) in [6.07, 6.45) is 14.3. The summed E-state index contributed by atoms with van der Waals surface area (Å²) in [5, 5.41) is 12.8. The molecule has 174 valence electrons. The van der Waals surface area contributed by atoms with Crippen LogP contribution in [0.1, 0.15) is 51.1 Å². The highest BCUT2D eigenvalue weighted by Gasteiger charge is 2.23. The van der Waals surface area contributed by atoms with Crippen LogP contribution in [0.4, 0.5) is 5.82 Å². The maximum Gasteiger partial charge on any atom is 0.228 e. The second kappa shape index (κ2) is 12.5. The Labute approximate surface area is 197 Å². The van der Waals surface area contributed by atoms with Crippen molar-refractivity contribution in [2.75, 3.05) is 5.32 Å². The molecule has 2 unspecified atom stereocenters. The Morgan fingerprint density at radius 2 is 1.94 bits per heavy atom. The molecule has 2 aromatic rings. The molecule has 0 aliphatic heterocycles. The van der Waals surface area contributed by atoms with Crippen molar-refractivity contribution >= 4 is 17.8 Å². The Morgan fingerprint density at radius 1 is 1.18 bits per heavy atom. The van der Waals surface area contributed by atoms with E-state index >= 15 is 0 Å². The molecule has 1 aliphatic rings. The van der Waals surface area contributed by atoms with Crippen LogP contribution in [0.3, 0.4) is 0 Å². The van der Waals surface area contributed by atoms with E-state index in [1.165, 1.54) is 0 Å². The number of hydrogen-bond donors (Lipinski definition) is 2. The van der Waals surface area contributed by atoms with Crippen LogP contribution in [0.2, 0.25) is 0 Å². The van der Waals surface area contributed by atoms with Gasteiger partial charge in [0.2, 0.25) is 5.91 Å². The molecule has 1 amide bonds. The van der Waals surface area contributed by atoms with Gasteiger partial charge in [0, 0.05) is 11.5 Å². The number of phenolic OH excluding ortho intramolecular Hbond substituents is 1. The van der Waals surface area contributed by atoms with Crippen molar-refractivity contribution in [1.29, 1.82) is 0 Å². The second-order valence-electron chi connectivity index (χ2n) is 8.02. The summed E-state index contributed by atoms with van der Waals surface area (Å²) in [4.78, 5) is 22.3. The predicted molar refractivity (Wildman–Crippen MR) is 138 cm³/mol. The monoisotopic (exact) mass is 445 g/mol. The SMILES string of the molecule is C/C=C\C=C/C(C)/C=C/c1nc2c(nc1NC(=O)C(C)CC)CCc1cc(O)ccc1-2.C=C. The molecule has 5 heteroatoms. The highest BCUT2D eigenvalue weighted by atomic mass is 16.3. The van der Waals surface area contributed by atoms with E-state index in [4.69, 9.17) is 9.97 Å². The summed E-state index contributed by atoms with van der Waals surface area (Å²) in [6.45, 7) is 14.0. The van der Waals surface area contributed by atoms with E-state index in [0.29, 0.717) is 11.5 Å². The Bertz CT molecular complexity index is 1050. The minimum atomic E-state index is -0.0962. The van der Waals surface area contributed by atoms with Crippen LogP contribution < -0.4 is 5.32 Å². The fourth-order valence-corrected chi connectivity index (χ4v) is 3.44. The van der Waals surface area contributed by atoms with Crippen LogP contribution in [0.5, 0.6) is 5.75 Å². The first-order chi connectivity index (χ1) is 15.9. The quantitative estimate of drug-likeness (QED) is 0.376. The third-order valence-corrected chi connectivity index (χ3v) is 5.55. The number of carbonyl (C=O) groups is 1. The van der Waals surface area contributed by atoms with Crippen molar-refractivity contribution in [3.05, 3.63) is 78.7 Å². The van der Waals surface area contributed by atoms with Gasteiger partial charge in [0.25, 0.3) is 0 Å². The zero-order valence-electron chi connectivity index (χ0n) is 20.1. The normalized spacial score (nSPS) is 14.4. The molecule has 1 aromatic carbocycles. The second-order valence-corrected chi connectivity index (χ2v) is 8.02. The number of aromatic nitrogens is 2. The molecule has 3 rings (SSSR count). The zero-order valence-corrected chi connectivity index (χ0v) is 20.1. The van der Waals surface area contributed by atoms with Crippen LogP contribution in [0, 0.1) is 11.8 Å². The van der Waals surface area contributed by atoms with Gasteiger partial charge >= 0.3 is 0 Å². The van der Waals surface area contributed by atoms with Crippen molar-refractivity contribution in [3.8, 4) is 17.0 Å². The zero-order chi connectivity index (χ0) is 24.4. The van der Waals surface area contributed by atoms with E-state index in [9.17, 15) is 9.90 Å². The molecule has 0 fully saturated rings. The number of anilines is 1. The first-order valence-electron chi connectivity index (χ1n) is 11.4. The van der Waals surface area contributed by atoms with Gasteiger partial charge in [-0.25, -0.2) is 9.97 Å². The number of benzene rings is 1. The molecule has 1 heterocycles. The lowest BCUT2D eigenvalue weighted by atomic mass is 9.91. The van der Waals surface area contributed by atoms with Crippen LogP contribution >= 0.6 is 0 Å². The van der Waals surface area contributed by atoms with Crippen LogP contribution in [0.15, 0.2) is 61.7 Å².